The molecule has 1 aliphatic heterocycles. The molecule has 0 aliphatic carbocycles. The van der Waals surface area contributed by atoms with Gasteiger partial charge in [0.05, 0.1) is 6.61 Å². The lowest BCUT2D eigenvalue weighted by molar-refractivity contribution is -0.133. The molecule has 1 unspecified atom stereocenters. The van der Waals surface area contributed by atoms with Crippen molar-refractivity contribution in [1.29, 1.82) is 0 Å². The number of carbonyl (C=O) groups is 4. The second-order valence-corrected chi connectivity index (χ2v) is 10.9. The standard InChI is InChI=1S/C31H43N5O6/c1-21(2)16-25(28(38)33-18-22-10-5-3-6-11-22)34-30(40)27(19-37)35-29(39)26(17-24-14-9-15-32-24)36-31(41)42-20-23-12-7-4-8-13-23/h3-8,10-13,21,24-27,32,37H,9,14-20H2,1-2H3,(H,33,38)(H,34,40)(H,35,39)(H,36,41)/t24?,25-,26-,27-/m0/s1. The predicted octanol–water partition coefficient (Wildman–Crippen LogP) is 1.75. The Labute approximate surface area is 247 Å². The summed E-state index contributed by atoms with van der Waals surface area (Å²) < 4.78 is 5.30. The van der Waals surface area contributed by atoms with Gasteiger partial charge in [0, 0.05) is 12.6 Å². The van der Waals surface area contributed by atoms with Gasteiger partial charge in [0.15, 0.2) is 0 Å². The maximum Gasteiger partial charge on any atom is 0.408 e. The Morgan fingerprint density at radius 2 is 1.48 bits per heavy atom. The Bertz CT molecular complexity index is 1140. The quantitative estimate of drug-likeness (QED) is 0.187. The van der Waals surface area contributed by atoms with E-state index in [2.05, 4.69) is 26.6 Å². The lowest BCUT2D eigenvalue weighted by atomic mass is 10.0. The van der Waals surface area contributed by atoms with Crippen LogP contribution < -0.4 is 26.6 Å². The van der Waals surface area contributed by atoms with E-state index in [0.29, 0.717) is 13.0 Å². The summed E-state index contributed by atoms with van der Waals surface area (Å²) in [5, 5.41) is 24.0. The molecule has 0 saturated carbocycles. The molecule has 2 aromatic carbocycles. The zero-order chi connectivity index (χ0) is 30.3. The van der Waals surface area contributed by atoms with Gasteiger partial charge in [-0.05, 0) is 49.3 Å². The van der Waals surface area contributed by atoms with Crippen molar-refractivity contribution in [2.75, 3.05) is 13.2 Å². The van der Waals surface area contributed by atoms with Gasteiger partial charge < -0.3 is 36.4 Å². The molecule has 11 nitrogen and oxygen atoms in total. The number of ether oxygens (including phenoxy) is 1. The summed E-state index contributed by atoms with van der Waals surface area (Å²) in [4.78, 5) is 52.0. The number of rotatable bonds is 15. The van der Waals surface area contributed by atoms with Gasteiger partial charge >= 0.3 is 6.09 Å². The van der Waals surface area contributed by atoms with Gasteiger partial charge in [-0.3, -0.25) is 14.4 Å². The number of hydrogen-bond donors (Lipinski definition) is 6. The summed E-state index contributed by atoms with van der Waals surface area (Å²) in [6.07, 6.45) is 1.66. The normalized spacial score (nSPS) is 16.6. The third-order valence-corrected chi connectivity index (χ3v) is 6.97. The fourth-order valence-electron chi connectivity index (χ4n) is 4.73. The zero-order valence-electron chi connectivity index (χ0n) is 24.3. The molecule has 1 saturated heterocycles. The number of aliphatic hydroxyl groups is 1. The van der Waals surface area contributed by atoms with Crippen LogP contribution in [0.4, 0.5) is 4.79 Å². The molecule has 42 heavy (non-hydrogen) atoms. The Morgan fingerprint density at radius 3 is 2.07 bits per heavy atom. The van der Waals surface area contributed by atoms with E-state index < -0.39 is 42.6 Å². The van der Waals surface area contributed by atoms with E-state index in [0.717, 1.165) is 30.5 Å². The number of carbonyl (C=O) groups excluding carboxylic acids is 4. The molecule has 1 fully saturated rings. The first-order valence-electron chi connectivity index (χ1n) is 14.5. The second kappa shape index (κ2) is 17.1. The van der Waals surface area contributed by atoms with Crippen molar-refractivity contribution in [3.05, 3.63) is 71.8 Å². The van der Waals surface area contributed by atoms with E-state index >= 15 is 0 Å². The smallest absolute Gasteiger partial charge is 0.408 e. The molecule has 0 aromatic heterocycles. The third kappa shape index (κ3) is 11.1. The van der Waals surface area contributed by atoms with Crippen molar-refractivity contribution in [1.82, 2.24) is 26.6 Å². The minimum absolute atomic E-state index is 0.000286. The molecule has 228 valence electrons. The average Bonchev–Trinajstić information content (AvgIpc) is 3.50. The minimum Gasteiger partial charge on any atom is -0.445 e. The topological polar surface area (TPSA) is 158 Å². The van der Waals surface area contributed by atoms with Crippen LogP contribution in [-0.4, -0.2) is 66.2 Å². The first-order valence-corrected chi connectivity index (χ1v) is 14.5. The van der Waals surface area contributed by atoms with E-state index in [1.807, 2.05) is 74.5 Å². The van der Waals surface area contributed by atoms with E-state index in [9.17, 15) is 24.3 Å². The van der Waals surface area contributed by atoms with Crippen molar-refractivity contribution in [3.8, 4) is 0 Å². The van der Waals surface area contributed by atoms with Gasteiger partial charge in [-0.1, -0.05) is 74.5 Å². The number of amides is 4. The summed E-state index contributed by atoms with van der Waals surface area (Å²) >= 11 is 0. The Kier molecular flexibility index (Phi) is 13.3. The first-order chi connectivity index (χ1) is 20.2. The van der Waals surface area contributed by atoms with Crippen LogP contribution in [0.2, 0.25) is 0 Å². The van der Waals surface area contributed by atoms with Crippen LogP contribution in [0.5, 0.6) is 0 Å². The first kappa shape index (κ1) is 32.6. The molecule has 0 radical (unpaired) electrons. The fourth-order valence-corrected chi connectivity index (χ4v) is 4.73. The van der Waals surface area contributed by atoms with Crippen LogP contribution in [0.15, 0.2) is 60.7 Å². The van der Waals surface area contributed by atoms with Crippen LogP contribution in [-0.2, 0) is 32.3 Å². The van der Waals surface area contributed by atoms with Crippen molar-refractivity contribution in [2.24, 2.45) is 5.92 Å². The van der Waals surface area contributed by atoms with Crippen LogP contribution >= 0.6 is 0 Å². The van der Waals surface area contributed by atoms with Crippen LogP contribution in [0, 0.1) is 5.92 Å². The van der Waals surface area contributed by atoms with E-state index in [4.69, 9.17) is 4.74 Å². The monoisotopic (exact) mass is 581 g/mol. The van der Waals surface area contributed by atoms with Crippen molar-refractivity contribution in [2.45, 2.75) is 76.8 Å². The summed E-state index contributed by atoms with van der Waals surface area (Å²) in [6, 6.07) is 15.4. The maximum atomic E-state index is 13.3. The fraction of sp³-hybridized carbons (Fsp3) is 0.484. The van der Waals surface area contributed by atoms with Crippen molar-refractivity contribution >= 4 is 23.8 Å². The predicted molar refractivity (Wildman–Crippen MR) is 158 cm³/mol. The molecule has 1 heterocycles. The van der Waals surface area contributed by atoms with Crippen LogP contribution in [0.1, 0.15) is 50.7 Å². The van der Waals surface area contributed by atoms with Gasteiger partial charge in [0.25, 0.3) is 0 Å². The van der Waals surface area contributed by atoms with Gasteiger partial charge in [-0.2, -0.15) is 0 Å². The largest absolute Gasteiger partial charge is 0.445 e. The SMILES string of the molecule is CC(C)C[C@H](NC(=O)[C@H](CO)NC(=O)[C@H](CC1CCCN1)NC(=O)OCc1ccccc1)C(=O)NCc1ccccc1. The maximum absolute atomic E-state index is 13.3. The summed E-state index contributed by atoms with van der Waals surface area (Å²) in [7, 11) is 0. The molecule has 6 N–H and O–H groups in total. The highest BCUT2D eigenvalue weighted by Gasteiger charge is 2.31. The highest BCUT2D eigenvalue weighted by atomic mass is 16.5. The molecular weight excluding hydrogens is 538 g/mol. The van der Waals surface area contributed by atoms with Crippen molar-refractivity contribution in [3.63, 3.8) is 0 Å². The summed E-state index contributed by atoms with van der Waals surface area (Å²) in [5.41, 5.74) is 1.71. The van der Waals surface area contributed by atoms with Gasteiger partial charge in [-0.25, -0.2) is 4.79 Å². The highest BCUT2D eigenvalue weighted by Crippen LogP contribution is 2.12. The lowest BCUT2D eigenvalue weighted by Crippen LogP contribution is -2.58. The Hall–Kier alpha value is -3.96. The number of aliphatic hydroxyl groups excluding tert-OH is 1. The number of nitrogens with one attached hydrogen (secondary N) is 5. The van der Waals surface area contributed by atoms with Crippen LogP contribution in [0.25, 0.3) is 0 Å². The molecule has 0 bridgehead atoms. The van der Waals surface area contributed by atoms with E-state index in [-0.39, 0.29) is 30.9 Å². The van der Waals surface area contributed by atoms with Crippen molar-refractivity contribution < 1.29 is 29.0 Å². The molecule has 4 amide bonds. The van der Waals surface area contributed by atoms with E-state index in [1.54, 1.807) is 0 Å². The molecule has 2 aromatic rings. The molecule has 4 atom stereocenters. The molecular formula is C31H43N5O6. The van der Waals surface area contributed by atoms with Crippen LogP contribution in [0.3, 0.4) is 0 Å². The molecule has 0 spiro atoms. The average molecular weight is 582 g/mol. The Balaban J connectivity index is 1.61. The number of hydrogen-bond acceptors (Lipinski definition) is 7. The third-order valence-electron chi connectivity index (χ3n) is 6.97. The van der Waals surface area contributed by atoms with Gasteiger partial charge in [0.1, 0.15) is 24.7 Å². The number of alkyl carbamates (subject to hydrolysis) is 1. The molecule has 11 heteroatoms. The zero-order valence-corrected chi connectivity index (χ0v) is 24.3. The number of benzene rings is 2. The molecule has 1 aliphatic rings. The van der Waals surface area contributed by atoms with Gasteiger partial charge in [0.2, 0.25) is 17.7 Å². The molecule has 3 rings (SSSR count). The van der Waals surface area contributed by atoms with Gasteiger partial charge in [-0.15, -0.1) is 0 Å². The minimum atomic E-state index is -1.32. The lowest BCUT2D eigenvalue weighted by Gasteiger charge is -2.26. The van der Waals surface area contributed by atoms with E-state index in [1.165, 1.54) is 0 Å². The second-order valence-electron chi connectivity index (χ2n) is 10.9. The summed E-state index contributed by atoms with van der Waals surface area (Å²) in [5.74, 6) is -1.61. The Morgan fingerprint density at radius 1 is 0.857 bits per heavy atom. The summed E-state index contributed by atoms with van der Waals surface area (Å²) in [6.45, 7) is 4.31. The highest BCUT2D eigenvalue weighted by molar-refractivity contribution is 5.94.